The fraction of sp³-hybridized carbons (Fsp3) is 0.333. The Morgan fingerprint density at radius 1 is 1.17 bits per heavy atom. The summed E-state index contributed by atoms with van der Waals surface area (Å²) < 4.78 is 16.1. The fourth-order valence-corrected chi connectivity index (χ4v) is 2.83. The lowest BCUT2D eigenvalue weighted by molar-refractivity contribution is 0.0600. The highest BCUT2D eigenvalue weighted by atomic mass is 16.5. The molecule has 0 bridgehead atoms. The predicted molar refractivity (Wildman–Crippen MR) is 85.4 cm³/mol. The van der Waals surface area contributed by atoms with Crippen LogP contribution in [0.1, 0.15) is 35.5 Å². The molecule has 0 radical (unpaired) electrons. The van der Waals surface area contributed by atoms with Crippen LogP contribution in [0, 0.1) is 0 Å². The SMILES string of the molecule is COC(=O)c1ccc2c(c1)Oc1ccc(OC)nc1C(C)(C)C2. The van der Waals surface area contributed by atoms with E-state index in [-0.39, 0.29) is 11.4 Å². The highest BCUT2D eigenvalue weighted by molar-refractivity contribution is 5.90. The molecule has 0 N–H and O–H groups in total. The molecule has 5 heteroatoms. The van der Waals surface area contributed by atoms with E-state index in [1.54, 1.807) is 25.3 Å². The number of ether oxygens (including phenoxy) is 3. The second-order valence-corrected chi connectivity index (χ2v) is 6.18. The summed E-state index contributed by atoms with van der Waals surface area (Å²) in [6, 6.07) is 9.00. The number of benzene rings is 1. The van der Waals surface area contributed by atoms with Gasteiger partial charge in [-0.05, 0) is 30.2 Å². The summed E-state index contributed by atoms with van der Waals surface area (Å²) in [6.45, 7) is 4.23. The molecule has 0 saturated heterocycles. The predicted octanol–water partition coefficient (Wildman–Crippen LogP) is 3.50. The van der Waals surface area contributed by atoms with Crippen molar-refractivity contribution in [2.75, 3.05) is 14.2 Å². The minimum Gasteiger partial charge on any atom is -0.481 e. The van der Waals surface area contributed by atoms with Crippen molar-refractivity contribution in [1.82, 2.24) is 4.98 Å². The van der Waals surface area contributed by atoms with Crippen LogP contribution < -0.4 is 9.47 Å². The van der Waals surface area contributed by atoms with Crippen molar-refractivity contribution in [3.05, 3.63) is 47.2 Å². The molecule has 1 aliphatic rings. The molecule has 1 aromatic carbocycles. The van der Waals surface area contributed by atoms with E-state index in [2.05, 4.69) is 18.8 Å². The van der Waals surface area contributed by atoms with E-state index in [4.69, 9.17) is 14.2 Å². The van der Waals surface area contributed by atoms with E-state index in [0.717, 1.165) is 17.7 Å². The lowest BCUT2D eigenvalue weighted by Gasteiger charge is -2.23. The molecule has 2 aromatic rings. The third-order valence-electron chi connectivity index (χ3n) is 4.02. The second kappa shape index (κ2) is 5.57. The van der Waals surface area contributed by atoms with Crippen LogP contribution in [0.15, 0.2) is 30.3 Å². The first-order chi connectivity index (χ1) is 10.9. The Labute approximate surface area is 135 Å². The van der Waals surface area contributed by atoms with Crippen LogP contribution in [0.25, 0.3) is 0 Å². The van der Waals surface area contributed by atoms with Crippen LogP contribution in [0.5, 0.6) is 17.4 Å². The van der Waals surface area contributed by atoms with Crippen molar-refractivity contribution >= 4 is 5.97 Å². The lowest BCUT2D eigenvalue weighted by atomic mass is 9.82. The van der Waals surface area contributed by atoms with Crippen molar-refractivity contribution < 1.29 is 19.0 Å². The maximum Gasteiger partial charge on any atom is 0.337 e. The number of rotatable bonds is 2. The van der Waals surface area contributed by atoms with Gasteiger partial charge in [0.25, 0.3) is 0 Å². The molecule has 1 aliphatic heterocycles. The molecule has 23 heavy (non-hydrogen) atoms. The third kappa shape index (κ3) is 2.74. The highest BCUT2D eigenvalue weighted by Gasteiger charge is 2.32. The molecule has 120 valence electrons. The summed E-state index contributed by atoms with van der Waals surface area (Å²) >= 11 is 0. The molecule has 3 rings (SSSR count). The first kappa shape index (κ1) is 15.3. The number of fused-ring (bicyclic) bond motifs is 2. The Morgan fingerprint density at radius 3 is 2.65 bits per heavy atom. The van der Waals surface area contributed by atoms with E-state index < -0.39 is 0 Å². The number of hydrogen-bond donors (Lipinski definition) is 0. The number of carbonyl (C=O) groups excluding carboxylic acids is 1. The molecule has 0 saturated carbocycles. The number of pyridine rings is 1. The van der Waals surface area contributed by atoms with Gasteiger partial charge in [0.1, 0.15) is 11.5 Å². The summed E-state index contributed by atoms with van der Waals surface area (Å²) in [5.74, 6) is 1.51. The van der Waals surface area contributed by atoms with Crippen LogP contribution in [-0.4, -0.2) is 25.2 Å². The van der Waals surface area contributed by atoms with E-state index in [1.165, 1.54) is 7.11 Å². The standard InChI is InChI=1S/C18H19NO4/c1-18(2)10-12-6-5-11(17(20)22-4)9-14(12)23-13-7-8-15(21-3)19-16(13)18/h5-9H,10H2,1-4H3. The van der Waals surface area contributed by atoms with Gasteiger partial charge in [-0.3, -0.25) is 0 Å². The van der Waals surface area contributed by atoms with Gasteiger partial charge in [0, 0.05) is 11.5 Å². The number of nitrogens with zero attached hydrogens (tertiary/aromatic N) is 1. The number of methoxy groups -OCH3 is 2. The van der Waals surface area contributed by atoms with Gasteiger partial charge in [-0.25, -0.2) is 9.78 Å². The van der Waals surface area contributed by atoms with Gasteiger partial charge >= 0.3 is 5.97 Å². The summed E-state index contributed by atoms with van der Waals surface area (Å²) in [7, 11) is 2.96. The molecule has 0 spiro atoms. The van der Waals surface area contributed by atoms with Crippen molar-refractivity contribution in [3.8, 4) is 17.4 Å². The minimum atomic E-state index is -0.381. The summed E-state index contributed by atoms with van der Waals surface area (Å²) in [5.41, 5.74) is 2.11. The number of carbonyl (C=O) groups is 1. The van der Waals surface area contributed by atoms with Crippen LogP contribution in [0.3, 0.4) is 0 Å². The van der Waals surface area contributed by atoms with Crippen LogP contribution >= 0.6 is 0 Å². The molecule has 0 fully saturated rings. The first-order valence-electron chi connectivity index (χ1n) is 7.39. The molecular weight excluding hydrogens is 294 g/mol. The van der Waals surface area contributed by atoms with Crippen LogP contribution in [-0.2, 0) is 16.6 Å². The lowest BCUT2D eigenvalue weighted by Crippen LogP contribution is -2.21. The normalized spacial score (nSPS) is 14.8. The topological polar surface area (TPSA) is 57.7 Å². The van der Waals surface area contributed by atoms with Crippen molar-refractivity contribution in [2.24, 2.45) is 0 Å². The zero-order valence-electron chi connectivity index (χ0n) is 13.7. The Bertz CT molecular complexity index is 768. The van der Waals surface area contributed by atoms with Crippen molar-refractivity contribution in [2.45, 2.75) is 25.7 Å². The van der Waals surface area contributed by atoms with Gasteiger partial charge in [0.05, 0.1) is 25.5 Å². The molecule has 2 heterocycles. The van der Waals surface area contributed by atoms with E-state index >= 15 is 0 Å². The molecule has 0 unspecified atom stereocenters. The van der Waals surface area contributed by atoms with Gasteiger partial charge in [0.2, 0.25) is 5.88 Å². The van der Waals surface area contributed by atoms with Gasteiger partial charge in [-0.15, -0.1) is 0 Å². The third-order valence-corrected chi connectivity index (χ3v) is 4.02. The average molecular weight is 313 g/mol. The van der Waals surface area contributed by atoms with Gasteiger partial charge < -0.3 is 14.2 Å². The zero-order valence-corrected chi connectivity index (χ0v) is 13.7. The summed E-state index contributed by atoms with van der Waals surface area (Å²) in [6.07, 6.45) is 0.747. The maximum absolute atomic E-state index is 11.7. The van der Waals surface area contributed by atoms with E-state index in [1.807, 2.05) is 12.1 Å². The average Bonchev–Trinajstić information content (AvgIpc) is 2.66. The number of hydrogen-bond acceptors (Lipinski definition) is 5. The number of aromatic nitrogens is 1. The monoisotopic (exact) mass is 313 g/mol. The smallest absolute Gasteiger partial charge is 0.337 e. The quantitative estimate of drug-likeness (QED) is 0.794. The van der Waals surface area contributed by atoms with Crippen molar-refractivity contribution in [3.63, 3.8) is 0 Å². The summed E-state index contributed by atoms with van der Waals surface area (Å²) in [4.78, 5) is 16.3. The minimum absolute atomic E-state index is 0.220. The fourth-order valence-electron chi connectivity index (χ4n) is 2.83. The molecule has 0 amide bonds. The number of esters is 1. The molecular formula is C18H19NO4. The van der Waals surface area contributed by atoms with Crippen LogP contribution in [0.4, 0.5) is 0 Å². The summed E-state index contributed by atoms with van der Waals surface area (Å²) in [5, 5.41) is 0. The van der Waals surface area contributed by atoms with Gasteiger partial charge in [-0.1, -0.05) is 19.9 Å². The molecule has 1 aromatic heterocycles. The Balaban J connectivity index is 2.11. The van der Waals surface area contributed by atoms with E-state index in [9.17, 15) is 4.79 Å². The van der Waals surface area contributed by atoms with Gasteiger partial charge in [-0.2, -0.15) is 0 Å². The second-order valence-electron chi connectivity index (χ2n) is 6.18. The van der Waals surface area contributed by atoms with Gasteiger partial charge in [0.15, 0.2) is 0 Å². The largest absolute Gasteiger partial charge is 0.481 e. The zero-order chi connectivity index (χ0) is 16.6. The highest BCUT2D eigenvalue weighted by Crippen LogP contribution is 2.42. The Kier molecular flexibility index (Phi) is 3.72. The molecule has 0 atom stereocenters. The Morgan fingerprint density at radius 2 is 1.96 bits per heavy atom. The molecule has 0 aliphatic carbocycles. The van der Waals surface area contributed by atoms with Crippen molar-refractivity contribution in [1.29, 1.82) is 0 Å². The van der Waals surface area contributed by atoms with Crippen LogP contribution in [0.2, 0.25) is 0 Å². The van der Waals surface area contributed by atoms with E-state index in [0.29, 0.717) is 22.9 Å². The first-order valence-corrected chi connectivity index (χ1v) is 7.39. The Hall–Kier alpha value is -2.56. The molecule has 5 nitrogen and oxygen atoms in total. The maximum atomic E-state index is 11.7.